The highest BCUT2D eigenvalue weighted by Crippen LogP contribution is 2.42. The van der Waals surface area contributed by atoms with E-state index >= 15 is 0 Å². The van der Waals surface area contributed by atoms with Gasteiger partial charge in [0, 0.05) is 37.4 Å². The predicted octanol–water partition coefficient (Wildman–Crippen LogP) is 2.77. The van der Waals surface area contributed by atoms with Crippen molar-refractivity contribution in [3.63, 3.8) is 0 Å². The van der Waals surface area contributed by atoms with Crippen molar-refractivity contribution in [2.24, 2.45) is 5.92 Å². The van der Waals surface area contributed by atoms with Crippen LogP contribution in [0.15, 0.2) is 18.2 Å². The summed E-state index contributed by atoms with van der Waals surface area (Å²) in [6, 6.07) is 4.85. The van der Waals surface area contributed by atoms with Gasteiger partial charge in [0.1, 0.15) is 17.9 Å². The Morgan fingerprint density at radius 1 is 1.12 bits per heavy atom. The summed E-state index contributed by atoms with van der Waals surface area (Å²) in [4.78, 5) is 38.0. The van der Waals surface area contributed by atoms with Gasteiger partial charge in [-0.25, -0.2) is 8.78 Å². The zero-order valence-corrected chi connectivity index (χ0v) is 18.4. The summed E-state index contributed by atoms with van der Waals surface area (Å²) in [5.74, 6) is -2.76. The van der Waals surface area contributed by atoms with Gasteiger partial charge in [-0.3, -0.25) is 19.7 Å². The molecule has 3 atom stereocenters. The number of nitrogens with zero attached hydrogens (tertiary/aromatic N) is 1. The third-order valence-electron chi connectivity index (χ3n) is 7.33. The number of alkyl halides is 2. The first kappa shape index (κ1) is 22.3. The fraction of sp³-hybridized carbons (Fsp3) is 0.625. The van der Waals surface area contributed by atoms with Gasteiger partial charge >= 0.3 is 0 Å². The highest BCUT2D eigenvalue weighted by molar-refractivity contribution is 6.05. The van der Waals surface area contributed by atoms with E-state index in [1.807, 2.05) is 6.07 Å². The monoisotopic (exact) mass is 461 g/mol. The maximum atomic E-state index is 13.1. The second-order valence-corrected chi connectivity index (χ2v) is 9.80. The minimum absolute atomic E-state index is 0.0202. The molecule has 3 fully saturated rings. The molecule has 4 aliphatic rings. The molecule has 1 saturated heterocycles. The summed E-state index contributed by atoms with van der Waals surface area (Å²) in [6.07, 6.45) is 4.38. The fourth-order valence-electron chi connectivity index (χ4n) is 5.52. The van der Waals surface area contributed by atoms with Crippen LogP contribution in [0, 0.1) is 5.92 Å². The Morgan fingerprint density at radius 2 is 1.91 bits per heavy atom. The lowest BCUT2D eigenvalue weighted by atomic mass is 9.81. The highest BCUT2D eigenvalue weighted by Gasteiger charge is 2.45. The van der Waals surface area contributed by atoms with Crippen molar-refractivity contribution in [2.75, 3.05) is 6.54 Å². The molecule has 7 nitrogen and oxygen atoms in total. The Labute approximate surface area is 191 Å². The van der Waals surface area contributed by atoms with Gasteiger partial charge < -0.3 is 15.0 Å². The maximum absolute atomic E-state index is 13.1. The van der Waals surface area contributed by atoms with Crippen molar-refractivity contribution in [1.29, 1.82) is 0 Å². The van der Waals surface area contributed by atoms with Crippen LogP contribution in [0.5, 0.6) is 5.75 Å². The minimum Gasteiger partial charge on any atom is -0.489 e. The molecule has 178 valence electrons. The van der Waals surface area contributed by atoms with Crippen molar-refractivity contribution in [2.45, 2.75) is 82.0 Å². The van der Waals surface area contributed by atoms with Crippen molar-refractivity contribution in [1.82, 2.24) is 15.5 Å². The van der Waals surface area contributed by atoms with Crippen molar-refractivity contribution >= 4 is 17.7 Å². The van der Waals surface area contributed by atoms with Crippen LogP contribution in [-0.4, -0.2) is 53.3 Å². The van der Waals surface area contributed by atoms with Crippen LogP contribution in [0.2, 0.25) is 0 Å². The van der Waals surface area contributed by atoms with Crippen LogP contribution in [0.25, 0.3) is 0 Å². The number of ether oxygens (including phenoxy) is 1. The third-order valence-corrected chi connectivity index (χ3v) is 7.33. The van der Waals surface area contributed by atoms with Crippen molar-refractivity contribution < 1.29 is 27.9 Å². The Kier molecular flexibility index (Phi) is 5.84. The Hall–Kier alpha value is -2.55. The average molecular weight is 462 g/mol. The van der Waals surface area contributed by atoms with Crippen LogP contribution in [-0.2, 0) is 16.1 Å². The number of carbonyl (C=O) groups excluding carboxylic acids is 3. The van der Waals surface area contributed by atoms with Crippen LogP contribution < -0.4 is 15.4 Å². The molecule has 5 rings (SSSR count). The number of rotatable bonds is 6. The molecule has 2 aliphatic heterocycles. The van der Waals surface area contributed by atoms with Crippen LogP contribution >= 0.6 is 0 Å². The molecular formula is C24H29F2N3O4. The van der Waals surface area contributed by atoms with E-state index in [9.17, 15) is 23.2 Å². The summed E-state index contributed by atoms with van der Waals surface area (Å²) in [5.41, 5.74) is 1.36. The number of halogens is 2. The van der Waals surface area contributed by atoms with Crippen LogP contribution in [0.3, 0.4) is 0 Å². The number of imide groups is 1. The third kappa shape index (κ3) is 4.60. The number of hydrogen-bond acceptors (Lipinski definition) is 5. The Balaban J connectivity index is 1.22. The molecule has 0 bridgehead atoms. The van der Waals surface area contributed by atoms with Gasteiger partial charge in [-0.2, -0.15) is 0 Å². The first-order valence-electron chi connectivity index (χ1n) is 11.8. The lowest BCUT2D eigenvalue weighted by Crippen LogP contribution is -2.52. The van der Waals surface area contributed by atoms with E-state index in [2.05, 4.69) is 10.6 Å². The quantitative estimate of drug-likeness (QED) is 0.637. The number of nitrogens with one attached hydrogen (secondary N) is 2. The smallest absolute Gasteiger partial charge is 0.255 e. The van der Waals surface area contributed by atoms with Crippen molar-refractivity contribution in [3.8, 4) is 5.75 Å². The van der Waals surface area contributed by atoms with Gasteiger partial charge in [-0.05, 0) is 61.9 Å². The molecule has 2 aliphatic carbocycles. The SMILES string of the molecule is O=C1CCC(N2Cc3cc(O[C@H]4CCCC[C@H]4NCC4CC(F)(F)C4)ccc3C2=O)C(=O)N1. The number of fused-ring (bicyclic) bond motifs is 1. The minimum atomic E-state index is -2.50. The van der Waals surface area contributed by atoms with Crippen LogP contribution in [0.4, 0.5) is 8.78 Å². The van der Waals surface area contributed by atoms with E-state index in [-0.39, 0.29) is 49.1 Å². The van der Waals surface area contributed by atoms with Gasteiger partial charge in [0.25, 0.3) is 5.91 Å². The van der Waals surface area contributed by atoms with Gasteiger partial charge in [0.15, 0.2) is 0 Å². The van der Waals surface area contributed by atoms with E-state index in [1.165, 1.54) is 4.90 Å². The van der Waals surface area contributed by atoms with Gasteiger partial charge in [-0.15, -0.1) is 0 Å². The fourth-order valence-corrected chi connectivity index (χ4v) is 5.52. The Morgan fingerprint density at radius 3 is 2.67 bits per heavy atom. The number of amides is 3. The maximum Gasteiger partial charge on any atom is 0.255 e. The molecule has 2 heterocycles. The normalized spacial score (nSPS) is 29.5. The first-order chi connectivity index (χ1) is 15.8. The molecule has 0 spiro atoms. The molecule has 0 radical (unpaired) electrons. The van der Waals surface area contributed by atoms with Gasteiger partial charge in [0.2, 0.25) is 17.7 Å². The summed E-state index contributed by atoms with van der Waals surface area (Å²) < 4.78 is 32.6. The highest BCUT2D eigenvalue weighted by atomic mass is 19.3. The van der Waals surface area contributed by atoms with E-state index in [4.69, 9.17) is 4.74 Å². The summed E-state index contributed by atoms with van der Waals surface area (Å²) in [6.45, 7) is 0.888. The second kappa shape index (κ2) is 8.66. The average Bonchev–Trinajstić information content (AvgIpc) is 3.07. The Bertz CT molecular complexity index is 961. The summed E-state index contributed by atoms with van der Waals surface area (Å²) in [7, 11) is 0. The molecule has 1 aromatic rings. The molecule has 2 N–H and O–H groups in total. The summed E-state index contributed by atoms with van der Waals surface area (Å²) in [5, 5.41) is 5.77. The van der Waals surface area contributed by atoms with Crippen molar-refractivity contribution in [3.05, 3.63) is 29.3 Å². The molecular weight excluding hydrogens is 432 g/mol. The zero-order chi connectivity index (χ0) is 23.2. The van der Waals surface area contributed by atoms with Gasteiger partial charge in [0.05, 0.1) is 0 Å². The molecule has 0 aromatic heterocycles. The van der Waals surface area contributed by atoms with Gasteiger partial charge in [-0.1, -0.05) is 6.42 Å². The van der Waals surface area contributed by atoms with Crippen LogP contribution in [0.1, 0.15) is 67.3 Å². The number of hydrogen-bond donors (Lipinski definition) is 2. The molecule has 2 saturated carbocycles. The lowest BCUT2D eigenvalue weighted by Gasteiger charge is -2.38. The molecule has 9 heteroatoms. The number of piperidine rings is 1. The largest absolute Gasteiger partial charge is 0.489 e. The van der Waals surface area contributed by atoms with E-state index in [1.54, 1.807) is 12.1 Å². The van der Waals surface area contributed by atoms with E-state index < -0.39 is 17.9 Å². The van der Waals surface area contributed by atoms with E-state index in [0.29, 0.717) is 30.8 Å². The summed E-state index contributed by atoms with van der Waals surface area (Å²) >= 11 is 0. The second-order valence-electron chi connectivity index (χ2n) is 9.80. The first-order valence-corrected chi connectivity index (χ1v) is 11.8. The standard InChI is InChI=1S/C24H29F2N3O4/c25-24(26)10-14(11-24)12-27-18-3-1-2-4-20(18)33-16-5-6-17-15(9-16)13-29(23(17)32)19-7-8-21(30)28-22(19)31/h5-6,9,14,18-20,27H,1-4,7-8,10-13H2,(H,28,30,31)/t18-,19?,20+/m1/s1. The molecule has 3 amide bonds. The topological polar surface area (TPSA) is 87.7 Å². The van der Waals surface area contributed by atoms with E-state index in [0.717, 1.165) is 31.2 Å². The molecule has 1 aromatic carbocycles. The molecule has 33 heavy (non-hydrogen) atoms. The zero-order valence-electron chi connectivity index (χ0n) is 18.4. The number of carbonyl (C=O) groups is 3. The predicted molar refractivity (Wildman–Crippen MR) is 115 cm³/mol. The molecule has 1 unspecified atom stereocenters. The lowest BCUT2D eigenvalue weighted by molar-refractivity contribution is -0.136. The number of benzene rings is 1.